The number of hydrogen-bond donors (Lipinski definition) is 1. The molecule has 3 rings (SSSR count). The highest BCUT2D eigenvalue weighted by molar-refractivity contribution is 9.10. The Kier molecular flexibility index (Phi) is 4.38. The Morgan fingerprint density at radius 3 is 2.67 bits per heavy atom. The SMILES string of the molecule is Cc1cccc(F)c1C(=O)N1CC(=O)N(O)C1c1cccc(Br)c1. The van der Waals surface area contributed by atoms with Crippen LogP contribution in [0.15, 0.2) is 46.9 Å². The molecule has 124 valence electrons. The van der Waals surface area contributed by atoms with Crippen molar-refractivity contribution in [3.8, 4) is 0 Å². The van der Waals surface area contributed by atoms with Gasteiger partial charge < -0.3 is 4.90 Å². The second kappa shape index (κ2) is 6.33. The van der Waals surface area contributed by atoms with E-state index in [-0.39, 0.29) is 12.1 Å². The van der Waals surface area contributed by atoms with Crippen LogP contribution in [0, 0.1) is 12.7 Å². The Morgan fingerprint density at radius 1 is 1.29 bits per heavy atom. The first-order chi connectivity index (χ1) is 11.4. The van der Waals surface area contributed by atoms with Gasteiger partial charge in [-0.3, -0.25) is 14.8 Å². The van der Waals surface area contributed by atoms with Crippen LogP contribution in [0.2, 0.25) is 0 Å². The smallest absolute Gasteiger partial charge is 0.267 e. The molecule has 24 heavy (non-hydrogen) atoms. The van der Waals surface area contributed by atoms with Crippen LogP contribution in [0.4, 0.5) is 4.39 Å². The van der Waals surface area contributed by atoms with E-state index in [1.54, 1.807) is 37.3 Å². The van der Waals surface area contributed by atoms with Crippen LogP contribution in [0.3, 0.4) is 0 Å². The highest BCUT2D eigenvalue weighted by Gasteiger charge is 2.42. The van der Waals surface area contributed by atoms with Gasteiger partial charge in [0, 0.05) is 4.47 Å². The topological polar surface area (TPSA) is 60.9 Å². The third-order valence-electron chi connectivity index (χ3n) is 3.93. The quantitative estimate of drug-likeness (QED) is 0.797. The number of nitrogens with zero attached hydrogens (tertiary/aromatic N) is 2. The molecule has 1 saturated heterocycles. The largest absolute Gasteiger partial charge is 0.302 e. The van der Waals surface area contributed by atoms with Crippen molar-refractivity contribution in [2.45, 2.75) is 13.1 Å². The summed E-state index contributed by atoms with van der Waals surface area (Å²) < 4.78 is 14.9. The number of benzene rings is 2. The fraction of sp³-hybridized carbons (Fsp3) is 0.176. The average molecular weight is 393 g/mol. The molecule has 5 nitrogen and oxygen atoms in total. The van der Waals surface area contributed by atoms with Gasteiger partial charge in [0.25, 0.3) is 11.8 Å². The molecule has 1 N–H and O–H groups in total. The van der Waals surface area contributed by atoms with E-state index in [2.05, 4.69) is 15.9 Å². The maximum Gasteiger partial charge on any atom is 0.267 e. The molecule has 0 spiro atoms. The van der Waals surface area contributed by atoms with Crippen molar-refractivity contribution in [1.29, 1.82) is 0 Å². The predicted octanol–water partition coefficient (Wildman–Crippen LogP) is 3.27. The molecule has 0 aliphatic carbocycles. The van der Waals surface area contributed by atoms with E-state index >= 15 is 0 Å². The van der Waals surface area contributed by atoms with E-state index in [1.807, 2.05) is 0 Å². The van der Waals surface area contributed by atoms with Crippen LogP contribution in [0.5, 0.6) is 0 Å². The number of rotatable bonds is 2. The zero-order valence-electron chi connectivity index (χ0n) is 12.7. The van der Waals surface area contributed by atoms with Crippen molar-refractivity contribution < 1.29 is 19.2 Å². The molecule has 0 radical (unpaired) electrons. The first-order valence-corrected chi connectivity index (χ1v) is 8.02. The van der Waals surface area contributed by atoms with Gasteiger partial charge in [0.15, 0.2) is 6.17 Å². The third-order valence-corrected chi connectivity index (χ3v) is 4.42. The van der Waals surface area contributed by atoms with Crippen LogP contribution in [0.1, 0.15) is 27.7 Å². The molecule has 1 unspecified atom stereocenters. The van der Waals surface area contributed by atoms with Crippen LogP contribution in [-0.2, 0) is 4.79 Å². The molecule has 0 bridgehead atoms. The predicted molar refractivity (Wildman–Crippen MR) is 87.7 cm³/mol. The summed E-state index contributed by atoms with van der Waals surface area (Å²) in [4.78, 5) is 25.9. The molecule has 1 heterocycles. The number of hydroxylamine groups is 2. The third kappa shape index (κ3) is 2.81. The van der Waals surface area contributed by atoms with Crippen molar-refractivity contribution in [2.24, 2.45) is 0 Å². The summed E-state index contributed by atoms with van der Waals surface area (Å²) in [7, 11) is 0. The lowest BCUT2D eigenvalue weighted by Gasteiger charge is -2.27. The summed E-state index contributed by atoms with van der Waals surface area (Å²) in [6, 6.07) is 11.2. The Bertz CT molecular complexity index is 807. The van der Waals surface area contributed by atoms with Crippen molar-refractivity contribution in [1.82, 2.24) is 9.96 Å². The van der Waals surface area contributed by atoms with Crippen molar-refractivity contribution in [3.05, 3.63) is 69.4 Å². The lowest BCUT2D eigenvalue weighted by Crippen LogP contribution is -2.35. The Hall–Kier alpha value is -2.25. The maximum atomic E-state index is 14.1. The van der Waals surface area contributed by atoms with E-state index < -0.39 is 23.8 Å². The van der Waals surface area contributed by atoms with E-state index in [0.29, 0.717) is 16.2 Å². The number of halogens is 2. The molecule has 2 aromatic carbocycles. The highest BCUT2D eigenvalue weighted by atomic mass is 79.9. The second-order valence-electron chi connectivity index (χ2n) is 5.53. The van der Waals surface area contributed by atoms with Crippen LogP contribution < -0.4 is 0 Å². The van der Waals surface area contributed by atoms with Gasteiger partial charge in [-0.15, -0.1) is 0 Å². The number of hydrogen-bond acceptors (Lipinski definition) is 3. The summed E-state index contributed by atoms with van der Waals surface area (Å²) in [5, 5.41) is 10.6. The van der Waals surface area contributed by atoms with E-state index in [4.69, 9.17) is 0 Å². The van der Waals surface area contributed by atoms with Gasteiger partial charge in [-0.1, -0.05) is 40.2 Å². The molecule has 1 aliphatic rings. The van der Waals surface area contributed by atoms with E-state index in [9.17, 15) is 19.2 Å². The number of aryl methyl sites for hydroxylation is 1. The first-order valence-electron chi connectivity index (χ1n) is 7.22. The van der Waals surface area contributed by atoms with Gasteiger partial charge in [0.05, 0.1) is 5.56 Å². The maximum absolute atomic E-state index is 14.1. The standard InChI is InChI=1S/C17H14BrFN2O3/c1-10-4-2-7-13(19)15(10)17(23)20-9-14(22)21(24)16(20)11-5-3-6-12(18)8-11/h2-8,16,24H,9H2,1H3. The van der Waals surface area contributed by atoms with E-state index in [1.165, 1.54) is 12.1 Å². The van der Waals surface area contributed by atoms with Gasteiger partial charge in [0.2, 0.25) is 0 Å². The molecule has 1 atom stereocenters. The van der Waals surface area contributed by atoms with Crippen molar-refractivity contribution in [3.63, 3.8) is 0 Å². The second-order valence-corrected chi connectivity index (χ2v) is 6.45. The normalized spacial score (nSPS) is 17.5. The molecule has 0 saturated carbocycles. The van der Waals surface area contributed by atoms with Gasteiger partial charge in [0.1, 0.15) is 12.4 Å². The molecule has 1 aliphatic heterocycles. The first kappa shape index (κ1) is 16.6. The number of carbonyl (C=O) groups is 2. The molecule has 7 heteroatoms. The van der Waals surface area contributed by atoms with Gasteiger partial charge in [-0.2, -0.15) is 5.06 Å². The van der Waals surface area contributed by atoms with E-state index in [0.717, 1.165) is 9.37 Å². The van der Waals surface area contributed by atoms with Crippen LogP contribution >= 0.6 is 15.9 Å². The zero-order valence-corrected chi connectivity index (χ0v) is 14.3. The fourth-order valence-electron chi connectivity index (χ4n) is 2.79. The number of carbonyl (C=O) groups excluding carboxylic acids is 2. The summed E-state index contributed by atoms with van der Waals surface area (Å²) in [5.74, 6) is -1.92. The Morgan fingerprint density at radius 2 is 2.00 bits per heavy atom. The summed E-state index contributed by atoms with van der Waals surface area (Å²) in [6.07, 6.45) is -0.999. The molecule has 2 amide bonds. The van der Waals surface area contributed by atoms with Gasteiger partial charge in [-0.05, 0) is 36.2 Å². The minimum Gasteiger partial charge on any atom is -0.302 e. The summed E-state index contributed by atoms with van der Waals surface area (Å²) in [5.41, 5.74) is 0.914. The molecule has 1 fully saturated rings. The minimum absolute atomic E-state index is 0.0967. The fourth-order valence-corrected chi connectivity index (χ4v) is 3.21. The van der Waals surface area contributed by atoms with Gasteiger partial charge in [-0.25, -0.2) is 4.39 Å². The minimum atomic E-state index is -0.999. The van der Waals surface area contributed by atoms with Crippen molar-refractivity contribution >= 4 is 27.7 Å². The Balaban J connectivity index is 2.05. The lowest BCUT2D eigenvalue weighted by molar-refractivity contribution is -0.168. The lowest BCUT2D eigenvalue weighted by atomic mass is 10.1. The molecular formula is C17H14BrFN2O3. The summed E-state index contributed by atoms with van der Waals surface area (Å²) in [6.45, 7) is 1.30. The van der Waals surface area contributed by atoms with Crippen LogP contribution in [-0.4, -0.2) is 33.5 Å². The monoisotopic (exact) mass is 392 g/mol. The van der Waals surface area contributed by atoms with Crippen molar-refractivity contribution in [2.75, 3.05) is 6.54 Å². The Labute approximate surface area is 146 Å². The summed E-state index contributed by atoms with van der Waals surface area (Å²) >= 11 is 3.32. The molecule has 0 aromatic heterocycles. The highest BCUT2D eigenvalue weighted by Crippen LogP contribution is 2.32. The average Bonchev–Trinajstić information content (AvgIpc) is 2.82. The molecule has 2 aromatic rings. The van der Waals surface area contributed by atoms with Crippen LogP contribution in [0.25, 0.3) is 0 Å². The zero-order chi connectivity index (χ0) is 17.4. The molecular weight excluding hydrogens is 379 g/mol. The van der Waals surface area contributed by atoms with Gasteiger partial charge >= 0.3 is 0 Å². The number of amides is 2.